The summed E-state index contributed by atoms with van der Waals surface area (Å²) in [6.45, 7) is 4.29. The number of nitrogen functional groups attached to an aromatic ring is 1. The van der Waals surface area contributed by atoms with Crippen LogP contribution in [0.2, 0.25) is 0 Å². The van der Waals surface area contributed by atoms with Gasteiger partial charge in [-0.2, -0.15) is 0 Å². The first kappa shape index (κ1) is 13.5. The second-order valence-electron chi connectivity index (χ2n) is 4.99. The monoisotopic (exact) mass is 254 g/mol. The number of para-hydroxylation sites is 1. The summed E-state index contributed by atoms with van der Waals surface area (Å²) in [6.07, 6.45) is 2.32. The van der Waals surface area contributed by atoms with Crippen molar-refractivity contribution in [2.45, 2.75) is 26.7 Å². The van der Waals surface area contributed by atoms with E-state index in [-0.39, 0.29) is 0 Å². The van der Waals surface area contributed by atoms with Gasteiger partial charge in [0.2, 0.25) is 0 Å². The zero-order valence-electron chi connectivity index (χ0n) is 12.0. The maximum atomic E-state index is 6.10. The van der Waals surface area contributed by atoms with Gasteiger partial charge in [-0.1, -0.05) is 37.6 Å². The highest BCUT2D eigenvalue weighted by Crippen LogP contribution is 2.32. The molecule has 0 saturated carbocycles. The number of rotatable bonds is 4. The molecule has 0 amide bonds. The quantitative estimate of drug-likeness (QED) is 0.824. The van der Waals surface area contributed by atoms with Crippen molar-refractivity contribution in [2.75, 3.05) is 17.7 Å². The minimum Gasteiger partial charge on any atom is -0.397 e. The number of benzene rings is 2. The summed E-state index contributed by atoms with van der Waals surface area (Å²) in [5.41, 5.74) is 11.8. The largest absolute Gasteiger partial charge is 0.397 e. The summed E-state index contributed by atoms with van der Waals surface area (Å²) in [5.74, 6) is 0. The van der Waals surface area contributed by atoms with Crippen LogP contribution >= 0.6 is 0 Å². The molecule has 0 aliphatic rings. The van der Waals surface area contributed by atoms with E-state index < -0.39 is 0 Å². The summed E-state index contributed by atoms with van der Waals surface area (Å²) in [6, 6.07) is 14.8. The third kappa shape index (κ3) is 2.90. The Morgan fingerprint density at radius 2 is 1.74 bits per heavy atom. The average Bonchev–Trinajstić information content (AvgIpc) is 2.39. The first-order valence-electron chi connectivity index (χ1n) is 6.81. The van der Waals surface area contributed by atoms with E-state index in [4.69, 9.17) is 5.73 Å². The van der Waals surface area contributed by atoms with Gasteiger partial charge in [0.05, 0.1) is 11.4 Å². The number of anilines is 3. The molecule has 0 spiro atoms. The maximum absolute atomic E-state index is 6.10. The van der Waals surface area contributed by atoms with Gasteiger partial charge in [0.15, 0.2) is 0 Å². The van der Waals surface area contributed by atoms with E-state index in [1.807, 2.05) is 12.1 Å². The van der Waals surface area contributed by atoms with E-state index in [0.29, 0.717) is 0 Å². The van der Waals surface area contributed by atoms with Crippen molar-refractivity contribution in [1.82, 2.24) is 0 Å². The molecule has 2 aromatic rings. The third-order valence-corrected chi connectivity index (χ3v) is 3.47. The molecule has 0 aliphatic carbocycles. The van der Waals surface area contributed by atoms with Crippen LogP contribution in [0.15, 0.2) is 42.5 Å². The van der Waals surface area contributed by atoms with Crippen LogP contribution in [0.1, 0.15) is 24.5 Å². The van der Waals surface area contributed by atoms with Crippen LogP contribution < -0.4 is 10.6 Å². The summed E-state index contributed by atoms with van der Waals surface area (Å²) in [4.78, 5) is 2.15. The lowest BCUT2D eigenvalue weighted by Crippen LogP contribution is -2.13. The van der Waals surface area contributed by atoms with Crippen LogP contribution in [0.25, 0.3) is 0 Å². The van der Waals surface area contributed by atoms with Gasteiger partial charge in [-0.25, -0.2) is 0 Å². The SMILES string of the molecule is CCCc1ccc(N(C)c2c(C)cccc2N)cc1. The van der Waals surface area contributed by atoms with Crippen LogP contribution in [-0.2, 0) is 6.42 Å². The molecule has 0 aliphatic heterocycles. The number of nitrogens with two attached hydrogens (primary N) is 1. The molecule has 2 aromatic carbocycles. The summed E-state index contributed by atoms with van der Waals surface area (Å²) in [5, 5.41) is 0. The lowest BCUT2D eigenvalue weighted by atomic mass is 10.1. The van der Waals surface area contributed by atoms with Gasteiger partial charge in [0.1, 0.15) is 0 Å². The topological polar surface area (TPSA) is 29.3 Å². The van der Waals surface area contributed by atoms with Gasteiger partial charge in [0, 0.05) is 12.7 Å². The predicted octanol–water partition coefficient (Wildman–Crippen LogP) is 4.30. The molecule has 0 fully saturated rings. The lowest BCUT2D eigenvalue weighted by Gasteiger charge is -2.23. The highest BCUT2D eigenvalue weighted by atomic mass is 15.1. The average molecular weight is 254 g/mol. The Morgan fingerprint density at radius 3 is 2.32 bits per heavy atom. The fourth-order valence-corrected chi connectivity index (χ4v) is 2.44. The second-order valence-corrected chi connectivity index (χ2v) is 4.99. The first-order chi connectivity index (χ1) is 9.13. The molecule has 2 N–H and O–H groups in total. The normalized spacial score (nSPS) is 10.5. The Labute approximate surface area is 115 Å². The number of hydrogen-bond acceptors (Lipinski definition) is 2. The molecule has 0 radical (unpaired) electrons. The van der Waals surface area contributed by atoms with Crippen molar-refractivity contribution in [1.29, 1.82) is 0 Å². The number of hydrogen-bond donors (Lipinski definition) is 1. The molecule has 19 heavy (non-hydrogen) atoms. The minimum atomic E-state index is 0.820. The molecule has 0 heterocycles. The molecular weight excluding hydrogens is 232 g/mol. The molecule has 0 bridgehead atoms. The van der Waals surface area contributed by atoms with Gasteiger partial charge < -0.3 is 10.6 Å². The zero-order valence-corrected chi connectivity index (χ0v) is 12.0. The molecule has 2 heteroatoms. The minimum absolute atomic E-state index is 0.820. The fraction of sp³-hybridized carbons (Fsp3) is 0.294. The van der Waals surface area contributed by atoms with Gasteiger partial charge in [-0.05, 0) is 42.7 Å². The number of nitrogens with zero attached hydrogens (tertiary/aromatic N) is 1. The number of aryl methyl sites for hydroxylation is 2. The van der Waals surface area contributed by atoms with Crippen molar-refractivity contribution in [3.63, 3.8) is 0 Å². The smallest absolute Gasteiger partial charge is 0.0671 e. The molecule has 0 unspecified atom stereocenters. The van der Waals surface area contributed by atoms with Gasteiger partial charge in [-0.15, -0.1) is 0 Å². The molecule has 2 nitrogen and oxygen atoms in total. The first-order valence-corrected chi connectivity index (χ1v) is 6.81. The molecule has 2 rings (SSSR count). The van der Waals surface area contributed by atoms with Gasteiger partial charge in [-0.3, -0.25) is 0 Å². The van der Waals surface area contributed by atoms with E-state index in [2.05, 4.69) is 56.1 Å². The molecule has 0 saturated heterocycles. The van der Waals surface area contributed by atoms with Crippen LogP contribution in [-0.4, -0.2) is 7.05 Å². The molecule has 0 aromatic heterocycles. The van der Waals surface area contributed by atoms with E-state index in [1.165, 1.54) is 23.2 Å². The second kappa shape index (κ2) is 5.79. The molecular formula is C17H22N2. The van der Waals surface area contributed by atoms with Crippen molar-refractivity contribution in [2.24, 2.45) is 0 Å². The Bertz CT molecular complexity index is 523. The Balaban J connectivity index is 2.31. The van der Waals surface area contributed by atoms with E-state index in [0.717, 1.165) is 17.8 Å². The van der Waals surface area contributed by atoms with E-state index in [9.17, 15) is 0 Å². The summed E-state index contributed by atoms with van der Waals surface area (Å²) >= 11 is 0. The molecule has 100 valence electrons. The van der Waals surface area contributed by atoms with Crippen LogP contribution in [0.5, 0.6) is 0 Å². The van der Waals surface area contributed by atoms with Crippen molar-refractivity contribution in [3.05, 3.63) is 53.6 Å². The maximum Gasteiger partial charge on any atom is 0.0671 e. The van der Waals surface area contributed by atoms with Crippen LogP contribution in [0, 0.1) is 6.92 Å². The standard InChI is InChI=1S/C17H22N2/c1-4-6-14-9-11-15(12-10-14)19(3)17-13(2)7-5-8-16(17)18/h5,7-12H,4,6,18H2,1-3H3. The van der Waals surface area contributed by atoms with Gasteiger partial charge >= 0.3 is 0 Å². The van der Waals surface area contributed by atoms with E-state index in [1.54, 1.807) is 0 Å². The van der Waals surface area contributed by atoms with Crippen molar-refractivity contribution < 1.29 is 0 Å². The third-order valence-electron chi connectivity index (χ3n) is 3.47. The highest BCUT2D eigenvalue weighted by Gasteiger charge is 2.10. The molecule has 0 atom stereocenters. The summed E-state index contributed by atoms with van der Waals surface area (Å²) in [7, 11) is 2.06. The Hall–Kier alpha value is -1.96. The van der Waals surface area contributed by atoms with E-state index >= 15 is 0 Å². The fourth-order valence-electron chi connectivity index (χ4n) is 2.44. The van der Waals surface area contributed by atoms with Crippen molar-refractivity contribution >= 4 is 17.1 Å². The Morgan fingerprint density at radius 1 is 1.05 bits per heavy atom. The zero-order chi connectivity index (χ0) is 13.8. The highest BCUT2D eigenvalue weighted by molar-refractivity contribution is 5.77. The summed E-state index contributed by atoms with van der Waals surface area (Å²) < 4.78 is 0. The Kier molecular flexibility index (Phi) is 4.10. The lowest BCUT2D eigenvalue weighted by molar-refractivity contribution is 0.921. The van der Waals surface area contributed by atoms with Crippen molar-refractivity contribution in [3.8, 4) is 0 Å². The van der Waals surface area contributed by atoms with Crippen LogP contribution in [0.3, 0.4) is 0 Å². The van der Waals surface area contributed by atoms with Gasteiger partial charge in [0.25, 0.3) is 0 Å². The van der Waals surface area contributed by atoms with Crippen LogP contribution in [0.4, 0.5) is 17.1 Å². The predicted molar refractivity (Wildman–Crippen MR) is 84.1 cm³/mol.